The number of esters is 1. The first-order valence-corrected chi connectivity index (χ1v) is 7.69. The van der Waals surface area contributed by atoms with Gasteiger partial charge in [0.2, 0.25) is 0 Å². The van der Waals surface area contributed by atoms with Crippen LogP contribution in [-0.4, -0.2) is 32.7 Å². The van der Waals surface area contributed by atoms with Crippen molar-refractivity contribution in [2.45, 2.75) is 31.8 Å². The number of hydrogen-bond donors (Lipinski definition) is 1. The second-order valence-corrected chi connectivity index (χ2v) is 6.34. The van der Waals surface area contributed by atoms with Crippen LogP contribution in [0.4, 0.5) is 0 Å². The van der Waals surface area contributed by atoms with Crippen LogP contribution in [0.3, 0.4) is 0 Å². The first-order valence-electron chi connectivity index (χ1n) is 7.32. The molecule has 0 aromatic heterocycles. The third kappa shape index (κ3) is 4.22. The Hall–Kier alpha value is -1.06. The minimum absolute atomic E-state index is 0.0572. The van der Waals surface area contributed by atoms with E-state index in [2.05, 4.69) is 14.1 Å². The van der Waals surface area contributed by atoms with Crippen LogP contribution < -0.4 is 4.90 Å². The highest BCUT2D eigenvalue weighted by atomic mass is 35.5. The van der Waals surface area contributed by atoms with Crippen molar-refractivity contribution in [1.29, 1.82) is 0 Å². The van der Waals surface area contributed by atoms with Crippen molar-refractivity contribution >= 4 is 17.6 Å². The fraction of sp³-hybridized carbons (Fsp3) is 0.562. The molecular weight excluding hydrogens is 274 g/mol. The first kappa shape index (κ1) is 15.3. The van der Waals surface area contributed by atoms with E-state index in [-0.39, 0.29) is 12.1 Å². The van der Waals surface area contributed by atoms with E-state index in [0.29, 0.717) is 16.5 Å². The Morgan fingerprint density at radius 1 is 1.25 bits per heavy atom. The topological polar surface area (TPSA) is 30.7 Å². The largest absolute Gasteiger partial charge is 0.458 e. The quantitative estimate of drug-likeness (QED) is 0.864. The van der Waals surface area contributed by atoms with Gasteiger partial charge in [-0.15, -0.1) is 0 Å². The number of hydrogen-bond acceptors (Lipinski definition) is 2. The predicted octanol–water partition coefficient (Wildman–Crippen LogP) is 2.20. The smallest absolute Gasteiger partial charge is 0.338 e. The molecule has 1 aromatic rings. The van der Waals surface area contributed by atoms with Crippen LogP contribution in [0.1, 0.15) is 36.0 Å². The summed E-state index contributed by atoms with van der Waals surface area (Å²) >= 11 is 5.83. The Kier molecular flexibility index (Phi) is 5.44. The van der Waals surface area contributed by atoms with Crippen LogP contribution in [0, 0.1) is 5.92 Å². The maximum atomic E-state index is 12.2. The first-order chi connectivity index (χ1) is 9.56. The second-order valence-electron chi connectivity index (χ2n) is 5.91. The van der Waals surface area contributed by atoms with Crippen molar-refractivity contribution in [2.75, 3.05) is 20.6 Å². The molecule has 1 aliphatic rings. The molecule has 1 aromatic carbocycles. The molecule has 1 saturated carbocycles. The third-order valence-electron chi connectivity index (χ3n) is 3.85. The molecule has 0 spiro atoms. The van der Waals surface area contributed by atoms with Crippen molar-refractivity contribution < 1.29 is 14.4 Å². The highest BCUT2D eigenvalue weighted by Crippen LogP contribution is 2.27. The lowest BCUT2D eigenvalue weighted by atomic mass is 9.86. The molecular formula is C16H23ClNO2+. The number of rotatable bonds is 4. The van der Waals surface area contributed by atoms with Crippen LogP contribution in [0.25, 0.3) is 0 Å². The maximum Gasteiger partial charge on any atom is 0.338 e. The zero-order chi connectivity index (χ0) is 14.5. The van der Waals surface area contributed by atoms with Gasteiger partial charge in [0, 0.05) is 10.9 Å². The molecule has 1 N–H and O–H groups in total. The van der Waals surface area contributed by atoms with Crippen LogP contribution in [0.5, 0.6) is 0 Å². The number of nitrogens with one attached hydrogen (secondary N) is 1. The summed E-state index contributed by atoms with van der Waals surface area (Å²) in [5.41, 5.74) is 0.580. The molecule has 1 aliphatic carbocycles. The molecule has 2 atom stereocenters. The molecule has 20 heavy (non-hydrogen) atoms. The maximum absolute atomic E-state index is 12.2. The zero-order valence-corrected chi connectivity index (χ0v) is 13.0. The van der Waals surface area contributed by atoms with Crippen molar-refractivity contribution in [1.82, 2.24) is 0 Å². The van der Waals surface area contributed by atoms with Gasteiger partial charge in [0.05, 0.1) is 26.2 Å². The molecule has 110 valence electrons. The van der Waals surface area contributed by atoms with Crippen molar-refractivity contribution in [3.63, 3.8) is 0 Å². The van der Waals surface area contributed by atoms with Gasteiger partial charge in [-0.1, -0.05) is 18.0 Å². The van der Waals surface area contributed by atoms with Gasteiger partial charge >= 0.3 is 5.97 Å². The molecule has 0 amide bonds. The summed E-state index contributed by atoms with van der Waals surface area (Å²) in [6.07, 6.45) is 4.59. The van der Waals surface area contributed by atoms with Crippen LogP contribution >= 0.6 is 11.6 Å². The van der Waals surface area contributed by atoms with E-state index in [4.69, 9.17) is 16.3 Å². The normalized spacial score (nSPS) is 22.8. The van der Waals surface area contributed by atoms with E-state index in [9.17, 15) is 4.79 Å². The number of benzene rings is 1. The Balaban J connectivity index is 1.99. The summed E-state index contributed by atoms with van der Waals surface area (Å²) in [6.45, 7) is 1.05. The number of carbonyl (C=O) groups excluding carboxylic acids is 1. The zero-order valence-electron chi connectivity index (χ0n) is 12.2. The van der Waals surface area contributed by atoms with Gasteiger partial charge in [-0.05, 0) is 43.5 Å². The summed E-state index contributed by atoms with van der Waals surface area (Å²) < 4.78 is 5.74. The van der Waals surface area contributed by atoms with Crippen LogP contribution in [0.2, 0.25) is 5.02 Å². The van der Waals surface area contributed by atoms with Gasteiger partial charge in [-0.2, -0.15) is 0 Å². The summed E-state index contributed by atoms with van der Waals surface area (Å²) in [4.78, 5) is 13.6. The van der Waals surface area contributed by atoms with Gasteiger partial charge in [0.25, 0.3) is 0 Å². The minimum Gasteiger partial charge on any atom is -0.458 e. The fourth-order valence-corrected chi connectivity index (χ4v) is 3.00. The average Bonchev–Trinajstić information content (AvgIpc) is 2.41. The molecule has 0 bridgehead atoms. The van der Waals surface area contributed by atoms with Gasteiger partial charge in [-0.3, -0.25) is 0 Å². The lowest BCUT2D eigenvalue weighted by Crippen LogP contribution is -3.06. The molecule has 2 rings (SSSR count). The van der Waals surface area contributed by atoms with E-state index >= 15 is 0 Å². The average molecular weight is 297 g/mol. The molecule has 0 heterocycles. The monoisotopic (exact) mass is 296 g/mol. The molecule has 0 aliphatic heterocycles. The van der Waals surface area contributed by atoms with Crippen LogP contribution in [0.15, 0.2) is 24.3 Å². The summed E-state index contributed by atoms with van der Waals surface area (Å²) in [6, 6.07) is 6.89. The Morgan fingerprint density at radius 2 is 1.90 bits per heavy atom. The Morgan fingerprint density at radius 3 is 2.55 bits per heavy atom. The van der Waals surface area contributed by atoms with Crippen molar-refractivity contribution in [3.05, 3.63) is 34.9 Å². The van der Waals surface area contributed by atoms with E-state index in [0.717, 1.165) is 25.8 Å². The summed E-state index contributed by atoms with van der Waals surface area (Å²) in [5.74, 6) is 0.248. The molecule has 3 nitrogen and oxygen atoms in total. The Bertz CT molecular complexity index is 444. The lowest BCUT2D eigenvalue weighted by Gasteiger charge is -2.31. The van der Waals surface area contributed by atoms with Crippen molar-refractivity contribution in [2.24, 2.45) is 5.92 Å². The Labute approximate surface area is 125 Å². The SMILES string of the molecule is C[NH+](C)C[C@@H]1CCCC[C@H]1OC(=O)c1ccc(Cl)cc1. The molecule has 0 unspecified atom stereocenters. The summed E-state index contributed by atoms with van der Waals surface area (Å²) in [7, 11) is 4.29. The molecule has 0 radical (unpaired) electrons. The number of ether oxygens (including phenoxy) is 1. The van der Waals surface area contributed by atoms with E-state index in [1.54, 1.807) is 24.3 Å². The molecule has 0 saturated heterocycles. The fourth-order valence-electron chi connectivity index (χ4n) is 2.88. The molecule has 1 fully saturated rings. The van der Waals surface area contributed by atoms with E-state index < -0.39 is 0 Å². The number of quaternary nitrogens is 1. The predicted molar refractivity (Wildman–Crippen MR) is 80.3 cm³/mol. The highest BCUT2D eigenvalue weighted by Gasteiger charge is 2.30. The van der Waals surface area contributed by atoms with Crippen LogP contribution in [-0.2, 0) is 4.74 Å². The van der Waals surface area contributed by atoms with Gasteiger partial charge < -0.3 is 9.64 Å². The van der Waals surface area contributed by atoms with E-state index in [1.165, 1.54) is 11.3 Å². The van der Waals surface area contributed by atoms with Crippen molar-refractivity contribution in [3.8, 4) is 0 Å². The third-order valence-corrected chi connectivity index (χ3v) is 4.10. The van der Waals surface area contributed by atoms with Gasteiger partial charge in [-0.25, -0.2) is 4.79 Å². The summed E-state index contributed by atoms with van der Waals surface area (Å²) in [5, 5.41) is 0.633. The highest BCUT2D eigenvalue weighted by molar-refractivity contribution is 6.30. The lowest BCUT2D eigenvalue weighted by molar-refractivity contribution is -0.862. The number of carbonyl (C=O) groups is 1. The van der Waals surface area contributed by atoms with E-state index in [1.807, 2.05) is 0 Å². The number of halogens is 1. The minimum atomic E-state index is -0.229. The second kappa shape index (κ2) is 7.09. The van der Waals surface area contributed by atoms with Gasteiger partial charge in [0.1, 0.15) is 6.10 Å². The standard InChI is InChI=1S/C16H22ClNO2/c1-18(2)11-13-5-3-4-6-15(13)20-16(19)12-7-9-14(17)10-8-12/h7-10,13,15H,3-6,11H2,1-2H3/p+1/t13-,15+/m0/s1. The van der Waals surface area contributed by atoms with Gasteiger partial charge in [0.15, 0.2) is 0 Å². The molecule has 4 heteroatoms.